The van der Waals surface area contributed by atoms with Crippen LogP contribution in [-0.4, -0.2) is 21.5 Å². The Bertz CT molecular complexity index is 822. The van der Waals surface area contributed by atoms with Crippen LogP contribution in [0.2, 0.25) is 5.02 Å². The first-order valence-corrected chi connectivity index (χ1v) is 8.31. The fourth-order valence-electron chi connectivity index (χ4n) is 1.83. The molecular weight excluding hydrogens is 345 g/mol. The number of hydrogen-bond acceptors (Lipinski definition) is 4. The molecule has 2 rings (SSSR count). The monoisotopic (exact) mass is 357 g/mol. The summed E-state index contributed by atoms with van der Waals surface area (Å²) in [7, 11) is -2.60. The molecule has 0 saturated heterocycles. The highest BCUT2D eigenvalue weighted by Crippen LogP contribution is 2.22. The van der Waals surface area contributed by atoms with Gasteiger partial charge in [0.1, 0.15) is 10.7 Å². The van der Waals surface area contributed by atoms with Gasteiger partial charge in [-0.25, -0.2) is 22.3 Å². The van der Waals surface area contributed by atoms with Crippen LogP contribution in [0.4, 0.5) is 4.39 Å². The standard InChI is InChI=1S/C15H13ClFNO4S/c1-22-15(19)11-4-2-10(3-5-11)9-18-23(20,21)14-7-6-12(17)8-13(14)16/h2-8,18H,9H2,1H3. The Balaban J connectivity index is 2.11. The highest BCUT2D eigenvalue weighted by atomic mass is 35.5. The fraction of sp³-hybridized carbons (Fsp3) is 0.133. The second-order valence-corrected chi connectivity index (χ2v) is 6.73. The van der Waals surface area contributed by atoms with Gasteiger partial charge in [-0.1, -0.05) is 23.7 Å². The summed E-state index contributed by atoms with van der Waals surface area (Å²) in [6.07, 6.45) is 0. The van der Waals surface area contributed by atoms with E-state index in [0.717, 1.165) is 18.2 Å². The molecule has 8 heteroatoms. The molecule has 5 nitrogen and oxygen atoms in total. The van der Waals surface area contributed by atoms with Gasteiger partial charge in [0.25, 0.3) is 0 Å². The van der Waals surface area contributed by atoms with Gasteiger partial charge < -0.3 is 4.74 Å². The van der Waals surface area contributed by atoms with E-state index >= 15 is 0 Å². The van der Waals surface area contributed by atoms with Gasteiger partial charge in [0.2, 0.25) is 10.0 Å². The van der Waals surface area contributed by atoms with Crippen LogP contribution < -0.4 is 4.72 Å². The largest absolute Gasteiger partial charge is 0.465 e. The number of nitrogens with one attached hydrogen (secondary N) is 1. The smallest absolute Gasteiger partial charge is 0.337 e. The summed E-state index contributed by atoms with van der Waals surface area (Å²) >= 11 is 5.76. The van der Waals surface area contributed by atoms with E-state index in [2.05, 4.69) is 9.46 Å². The van der Waals surface area contributed by atoms with Crippen molar-refractivity contribution in [3.05, 3.63) is 64.4 Å². The van der Waals surface area contributed by atoms with Crippen molar-refractivity contribution in [3.8, 4) is 0 Å². The Labute approximate surface area is 138 Å². The van der Waals surface area contributed by atoms with Gasteiger partial charge >= 0.3 is 5.97 Å². The lowest BCUT2D eigenvalue weighted by Gasteiger charge is -2.09. The van der Waals surface area contributed by atoms with Crippen molar-refractivity contribution in [3.63, 3.8) is 0 Å². The van der Waals surface area contributed by atoms with Gasteiger partial charge in [0.15, 0.2) is 0 Å². The molecule has 2 aromatic carbocycles. The predicted octanol–water partition coefficient (Wildman–Crippen LogP) is 2.74. The minimum atomic E-state index is -3.88. The zero-order valence-corrected chi connectivity index (χ0v) is 13.6. The van der Waals surface area contributed by atoms with Crippen molar-refractivity contribution < 1.29 is 22.3 Å². The van der Waals surface area contributed by atoms with E-state index in [1.807, 2.05) is 0 Å². The molecule has 0 amide bonds. The maximum atomic E-state index is 13.0. The summed E-state index contributed by atoms with van der Waals surface area (Å²) < 4.78 is 44.3. The molecule has 0 aliphatic carbocycles. The Hall–Kier alpha value is -1.96. The van der Waals surface area contributed by atoms with Gasteiger partial charge in [-0.15, -0.1) is 0 Å². The number of ether oxygens (including phenoxy) is 1. The molecule has 122 valence electrons. The summed E-state index contributed by atoms with van der Waals surface area (Å²) in [4.78, 5) is 11.1. The highest BCUT2D eigenvalue weighted by molar-refractivity contribution is 7.89. The number of esters is 1. The molecule has 0 fully saturated rings. The summed E-state index contributed by atoms with van der Waals surface area (Å²) in [5.74, 6) is -1.09. The number of sulfonamides is 1. The summed E-state index contributed by atoms with van der Waals surface area (Å²) in [6.45, 7) is -0.00249. The SMILES string of the molecule is COC(=O)c1ccc(CNS(=O)(=O)c2ccc(F)cc2Cl)cc1. The van der Waals surface area contributed by atoms with Gasteiger partial charge in [0.05, 0.1) is 17.7 Å². The van der Waals surface area contributed by atoms with Crippen molar-refractivity contribution in [2.45, 2.75) is 11.4 Å². The third-order valence-electron chi connectivity index (χ3n) is 3.02. The van der Waals surface area contributed by atoms with E-state index in [1.54, 1.807) is 12.1 Å². The number of benzene rings is 2. The van der Waals surface area contributed by atoms with E-state index in [1.165, 1.54) is 19.2 Å². The van der Waals surface area contributed by atoms with E-state index in [-0.39, 0.29) is 16.5 Å². The van der Waals surface area contributed by atoms with Gasteiger partial charge in [-0.05, 0) is 35.9 Å². The van der Waals surface area contributed by atoms with Crippen LogP contribution in [0.1, 0.15) is 15.9 Å². The summed E-state index contributed by atoms with van der Waals surface area (Å²) in [5, 5.41) is -0.196. The zero-order chi connectivity index (χ0) is 17.0. The normalized spacial score (nSPS) is 11.3. The van der Waals surface area contributed by atoms with Gasteiger partial charge in [-0.2, -0.15) is 0 Å². The van der Waals surface area contributed by atoms with Crippen molar-refractivity contribution in [1.82, 2.24) is 4.72 Å². The van der Waals surface area contributed by atoms with Crippen LogP contribution in [0.15, 0.2) is 47.4 Å². The minimum Gasteiger partial charge on any atom is -0.465 e. The summed E-state index contributed by atoms with van der Waals surface area (Å²) in [6, 6.07) is 9.30. The van der Waals surface area contributed by atoms with E-state index < -0.39 is 21.8 Å². The molecular formula is C15H13ClFNO4S. The number of rotatable bonds is 5. The minimum absolute atomic E-state index is 0.00249. The number of carbonyl (C=O) groups excluding carboxylic acids is 1. The van der Waals surface area contributed by atoms with Crippen molar-refractivity contribution in [1.29, 1.82) is 0 Å². The van der Waals surface area contributed by atoms with Crippen LogP contribution in [0.25, 0.3) is 0 Å². The predicted molar refractivity (Wildman–Crippen MR) is 83.2 cm³/mol. The van der Waals surface area contributed by atoms with Gasteiger partial charge in [-0.3, -0.25) is 0 Å². The fourth-order valence-corrected chi connectivity index (χ4v) is 3.37. The topological polar surface area (TPSA) is 72.5 Å². The van der Waals surface area contributed by atoms with E-state index in [9.17, 15) is 17.6 Å². The molecule has 1 N–H and O–H groups in total. The number of halogens is 2. The van der Waals surface area contributed by atoms with Gasteiger partial charge in [0, 0.05) is 6.54 Å². The van der Waals surface area contributed by atoms with Crippen LogP contribution in [-0.2, 0) is 21.3 Å². The molecule has 0 atom stereocenters. The number of carbonyl (C=O) groups is 1. The maximum Gasteiger partial charge on any atom is 0.337 e. The second-order valence-electron chi connectivity index (χ2n) is 4.59. The molecule has 0 spiro atoms. The molecule has 23 heavy (non-hydrogen) atoms. The number of methoxy groups -OCH3 is 1. The second kappa shape index (κ2) is 7.08. The average Bonchev–Trinajstić information content (AvgIpc) is 2.52. The average molecular weight is 358 g/mol. The first kappa shape index (κ1) is 17.4. The third kappa shape index (κ3) is 4.28. The molecule has 0 heterocycles. The Morgan fingerprint density at radius 1 is 1.22 bits per heavy atom. The molecule has 0 aliphatic heterocycles. The Morgan fingerprint density at radius 3 is 2.43 bits per heavy atom. The van der Waals surface area contributed by atoms with Crippen LogP contribution in [0.3, 0.4) is 0 Å². The zero-order valence-electron chi connectivity index (χ0n) is 12.0. The molecule has 0 bridgehead atoms. The molecule has 2 aromatic rings. The lowest BCUT2D eigenvalue weighted by Crippen LogP contribution is -2.23. The molecule has 0 unspecified atom stereocenters. The van der Waals surface area contributed by atoms with Crippen LogP contribution >= 0.6 is 11.6 Å². The van der Waals surface area contributed by atoms with Crippen molar-refractivity contribution >= 4 is 27.6 Å². The van der Waals surface area contributed by atoms with E-state index in [4.69, 9.17) is 11.6 Å². The Kier molecular flexibility index (Phi) is 5.35. The lowest BCUT2D eigenvalue weighted by atomic mass is 10.1. The summed E-state index contributed by atoms with van der Waals surface area (Å²) in [5.41, 5.74) is 1.00. The molecule has 0 saturated carbocycles. The lowest BCUT2D eigenvalue weighted by molar-refractivity contribution is 0.0600. The van der Waals surface area contributed by atoms with E-state index in [0.29, 0.717) is 11.1 Å². The first-order chi connectivity index (χ1) is 10.8. The molecule has 0 aromatic heterocycles. The Morgan fingerprint density at radius 2 is 1.87 bits per heavy atom. The maximum absolute atomic E-state index is 13.0. The van der Waals surface area contributed by atoms with Crippen LogP contribution in [0.5, 0.6) is 0 Å². The van der Waals surface area contributed by atoms with Crippen molar-refractivity contribution in [2.24, 2.45) is 0 Å². The molecule has 0 radical (unpaired) electrons. The third-order valence-corrected chi connectivity index (χ3v) is 4.91. The quantitative estimate of drug-likeness (QED) is 0.835. The van der Waals surface area contributed by atoms with Crippen LogP contribution in [0, 0.1) is 5.82 Å². The molecule has 0 aliphatic rings. The highest BCUT2D eigenvalue weighted by Gasteiger charge is 2.18. The first-order valence-electron chi connectivity index (χ1n) is 6.45. The number of hydrogen-bond donors (Lipinski definition) is 1. The van der Waals surface area contributed by atoms with Crippen molar-refractivity contribution in [2.75, 3.05) is 7.11 Å².